The van der Waals surface area contributed by atoms with Gasteiger partial charge in [0.15, 0.2) is 0 Å². The summed E-state index contributed by atoms with van der Waals surface area (Å²) in [5.41, 5.74) is 1.23. The fraction of sp³-hybridized carbons (Fsp3) is 0.250. The monoisotopic (exact) mass is 137 g/mol. The number of hydrogen-bond donors (Lipinski definition) is 0. The molecule has 0 aliphatic carbocycles. The van der Waals surface area contributed by atoms with Gasteiger partial charge in [0.1, 0.15) is 0 Å². The predicted octanol–water partition coefficient (Wildman–Crippen LogP) is 2.95. The fourth-order valence-electron chi connectivity index (χ4n) is 0.724. The lowest BCUT2D eigenvalue weighted by Gasteiger charge is -1.99. The summed E-state index contributed by atoms with van der Waals surface area (Å²) in [5, 5.41) is 0.242. The van der Waals surface area contributed by atoms with Gasteiger partial charge < -0.3 is 0 Å². The van der Waals surface area contributed by atoms with E-state index in [0.717, 1.165) is 0 Å². The molecule has 0 aromatic heterocycles. The van der Waals surface area contributed by atoms with E-state index < -0.39 is 0 Å². The molecule has 47 valence electrons. The van der Waals surface area contributed by atoms with Crippen molar-refractivity contribution in [2.24, 2.45) is 0 Å². The lowest BCUT2D eigenvalue weighted by molar-refractivity contribution is 1.11. The highest BCUT2D eigenvalue weighted by Crippen LogP contribution is 2.16. The van der Waals surface area contributed by atoms with Gasteiger partial charge in [-0.15, -0.1) is 0 Å². The third-order valence-electron chi connectivity index (χ3n) is 1.27. The third kappa shape index (κ3) is 1.75. The molecular weight excluding hydrogens is 128 g/mol. The van der Waals surface area contributed by atoms with Gasteiger partial charge in [-0.05, 0) is 12.5 Å². The summed E-state index contributed by atoms with van der Waals surface area (Å²) < 4.78 is 0. The first-order valence-corrected chi connectivity index (χ1v) is 3.48. The second-order valence-electron chi connectivity index (χ2n) is 2.05. The molecular formula is C8H9S. The van der Waals surface area contributed by atoms with Gasteiger partial charge >= 0.3 is 0 Å². The third-order valence-corrected chi connectivity index (χ3v) is 1.54. The smallest absolute Gasteiger partial charge is 0.0373 e. The van der Waals surface area contributed by atoms with E-state index in [9.17, 15) is 0 Å². The molecule has 0 fully saturated rings. The van der Waals surface area contributed by atoms with Crippen LogP contribution in [0.5, 0.6) is 0 Å². The topological polar surface area (TPSA) is 0 Å². The Balaban J connectivity index is 2.85. The van der Waals surface area contributed by atoms with Crippen LogP contribution < -0.4 is 0 Å². The minimum absolute atomic E-state index is 0.242. The van der Waals surface area contributed by atoms with Crippen molar-refractivity contribution in [2.75, 3.05) is 0 Å². The van der Waals surface area contributed by atoms with Crippen molar-refractivity contribution >= 4 is 12.6 Å². The molecule has 1 atom stereocenters. The van der Waals surface area contributed by atoms with E-state index in [2.05, 4.69) is 12.1 Å². The minimum Gasteiger partial charge on any atom is -0.0856 e. The standard InChI is InChI=1S/C8H9S/c1-7(9)8-5-3-2-4-6-8/h2-7H,1H3. The summed E-state index contributed by atoms with van der Waals surface area (Å²) in [6.45, 7) is 2.02. The Hall–Kier alpha value is -0.430. The van der Waals surface area contributed by atoms with Gasteiger partial charge in [-0.3, -0.25) is 0 Å². The average Bonchev–Trinajstić information content (AvgIpc) is 1.90. The zero-order valence-electron chi connectivity index (χ0n) is 5.37. The van der Waals surface area contributed by atoms with E-state index in [4.69, 9.17) is 12.6 Å². The average molecular weight is 137 g/mol. The zero-order chi connectivity index (χ0) is 6.69. The second-order valence-corrected chi connectivity index (χ2v) is 2.76. The molecule has 0 aliphatic rings. The van der Waals surface area contributed by atoms with Gasteiger partial charge in [-0.25, -0.2) is 0 Å². The van der Waals surface area contributed by atoms with Crippen molar-refractivity contribution in [2.45, 2.75) is 12.2 Å². The van der Waals surface area contributed by atoms with Gasteiger partial charge in [0.2, 0.25) is 0 Å². The molecule has 0 nitrogen and oxygen atoms in total. The number of rotatable bonds is 1. The summed E-state index contributed by atoms with van der Waals surface area (Å²) in [4.78, 5) is 0. The minimum atomic E-state index is 0.242. The molecule has 0 saturated carbocycles. The molecule has 0 amide bonds. The van der Waals surface area contributed by atoms with Crippen molar-refractivity contribution in [1.82, 2.24) is 0 Å². The molecule has 0 saturated heterocycles. The highest BCUT2D eigenvalue weighted by molar-refractivity contribution is 7.80. The maximum atomic E-state index is 5.05. The largest absolute Gasteiger partial charge is 0.0856 e. The molecule has 1 unspecified atom stereocenters. The molecule has 0 aliphatic heterocycles. The van der Waals surface area contributed by atoms with E-state index >= 15 is 0 Å². The van der Waals surface area contributed by atoms with Crippen molar-refractivity contribution in [3.63, 3.8) is 0 Å². The van der Waals surface area contributed by atoms with Crippen molar-refractivity contribution < 1.29 is 0 Å². The SMILES string of the molecule is CC([S])c1ccccc1. The van der Waals surface area contributed by atoms with E-state index in [1.54, 1.807) is 0 Å². The molecule has 0 spiro atoms. The Bertz CT molecular complexity index is 167. The van der Waals surface area contributed by atoms with Crippen molar-refractivity contribution in [3.8, 4) is 0 Å². The number of benzene rings is 1. The maximum Gasteiger partial charge on any atom is 0.0373 e. The van der Waals surface area contributed by atoms with Crippen LogP contribution in [0.2, 0.25) is 0 Å². The van der Waals surface area contributed by atoms with Gasteiger partial charge in [0.25, 0.3) is 0 Å². The van der Waals surface area contributed by atoms with Crippen LogP contribution in [-0.4, -0.2) is 0 Å². The summed E-state index contributed by atoms with van der Waals surface area (Å²) in [5.74, 6) is 0. The molecule has 0 heterocycles. The molecule has 0 N–H and O–H groups in total. The summed E-state index contributed by atoms with van der Waals surface area (Å²) in [6.07, 6.45) is 0. The van der Waals surface area contributed by atoms with Crippen molar-refractivity contribution in [1.29, 1.82) is 0 Å². The molecule has 1 aromatic carbocycles. The summed E-state index contributed by atoms with van der Waals surface area (Å²) in [6, 6.07) is 10.1. The molecule has 9 heavy (non-hydrogen) atoms. The van der Waals surface area contributed by atoms with Crippen LogP contribution in [0.1, 0.15) is 17.7 Å². The van der Waals surface area contributed by atoms with Gasteiger partial charge in [0, 0.05) is 5.25 Å². The second kappa shape index (κ2) is 2.92. The van der Waals surface area contributed by atoms with Crippen LogP contribution in [0.4, 0.5) is 0 Å². The first kappa shape index (κ1) is 6.69. The van der Waals surface area contributed by atoms with Gasteiger partial charge in [-0.2, -0.15) is 0 Å². The van der Waals surface area contributed by atoms with Crippen LogP contribution in [0.3, 0.4) is 0 Å². The Labute approximate surface area is 61.3 Å². The molecule has 1 radical (unpaired) electrons. The predicted molar refractivity (Wildman–Crippen MR) is 42.4 cm³/mol. The molecule has 0 bridgehead atoms. The Morgan fingerprint density at radius 3 is 2.11 bits per heavy atom. The van der Waals surface area contributed by atoms with Crippen LogP contribution in [0.25, 0.3) is 0 Å². The normalized spacial score (nSPS) is 13.1. The van der Waals surface area contributed by atoms with Gasteiger partial charge in [-0.1, -0.05) is 43.0 Å². The van der Waals surface area contributed by atoms with Crippen LogP contribution >= 0.6 is 12.6 Å². The van der Waals surface area contributed by atoms with E-state index in [1.807, 2.05) is 25.1 Å². The van der Waals surface area contributed by atoms with E-state index in [-0.39, 0.29) is 5.25 Å². The highest BCUT2D eigenvalue weighted by Gasteiger charge is 1.95. The first-order valence-electron chi connectivity index (χ1n) is 3.01. The van der Waals surface area contributed by atoms with E-state index in [0.29, 0.717) is 0 Å². The molecule has 1 rings (SSSR count). The quantitative estimate of drug-likeness (QED) is 0.558. The highest BCUT2D eigenvalue weighted by atomic mass is 32.1. The Morgan fingerprint density at radius 1 is 1.22 bits per heavy atom. The maximum absolute atomic E-state index is 5.05. The first-order chi connectivity index (χ1) is 4.30. The number of hydrogen-bond acceptors (Lipinski definition) is 0. The zero-order valence-corrected chi connectivity index (χ0v) is 6.19. The Kier molecular flexibility index (Phi) is 2.17. The lowest BCUT2D eigenvalue weighted by atomic mass is 10.2. The fourth-order valence-corrected chi connectivity index (χ4v) is 0.881. The van der Waals surface area contributed by atoms with Crippen molar-refractivity contribution in [3.05, 3.63) is 35.9 Å². The summed E-state index contributed by atoms with van der Waals surface area (Å²) in [7, 11) is 0. The molecule has 1 aromatic rings. The Morgan fingerprint density at radius 2 is 1.78 bits per heavy atom. The van der Waals surface area contributed by atoms with Crippen LogP contribution in [0.15, 0.2) is 30.3 Å². The summed E-state index contributed by atoms with van der Waals surface area (Å²) >= 11 is 5.05. The van der Waals surface area contributed by atoms with E-state index in [1.165, 1.54) is 5.56 Å². The van der Waals surface area contributed by atoms with Crippen LogP contribution in [0, 0.1) is 0 Å². The molecule has 1 heteroatoms. The lowest BCUT2D eigenvalue weighted by Crippen LogP contribution is -1.80. The van der Waals surface area contributed by atoms with Crippen LogP contribution in [-0.2, 0) is 0 Å². The van der Waals surface area contributed by atoms with Gasteiger partial charge in [0.05, 0.1) is 0 Å².